The van der Waals surface area contributed by atoms with Crippen molar-refractivity contribution in [3.8, 4) is 0 Å². The van der Waals surface area contributed by atoms with E-state index in [9.17, 15) is 0 Å². The lowest BCUT2D eigenvalue weighted by Gasteiger charge is -2.20. The Kier molecular flexibility index (Phi) is 4.58. The number of rotatable bonds is 4. The Morgan fingerprint density at radius 3 is 2.81 bits per heavy atom. The zero-order valence-electron chi connectivity index (χ0n) is 11.5. The molecule has 1 atom stereocenters. The van der Waals surface area contributed by atoms with E-state index >= 15 is 0 Å². The van der Waals surface area contributed by atoms with Crippen LogP contribution in [0.15, 0.2) is 36.9 Å². The van der Waals surface area contributed by atoms with Crippen LogP contribution >= 0.6 is 23.2 Å². The fourth-order valence-electron chi connectivity index (χ4n) is 2.57. The average molecular weight is 323 g/mol. The number of nitrogens with one attached hydrogen (secondary N) is 1. The summed E-state index contributed by atoms with van der Waals surface area (Å²) in [5.41, 5.74) is 2.15. The molecule has 110 valence electrons. The lowest BCUT2D eigenvalue weighted by Crippen LogP contribution is -2.32. The minimum absolute atomic E-state index is 0.442. The third-order valence-electron chi connectivity index (χ3n) is 3.65. The molecule has 1 saturated heterocycles. The van der Waals surface area contributed by atoms with Crippen molar-refractivity contribution in [1.29, 1.82) is 0 Å². The van der Waals surface area contributed by atoms with Crippen LogP contribution in [0, 0.1) is 0 Å². The summed E-state index contributed by atoms with van der Waals surface area (Å²) in [5.74, 6) is 0. The molecule has 0 bridgehead atoms. The van der Waals surface area contributed by atoms with E-state index in [1.165, 1.54) is 0 Å². The molecular formula is C15H16Cl2N4. The van der Waals surface area contributed by atoms with Gasteiger partial charge < -0.3 is 10.2 Å². The minimum Gasteiger partial charge on any atom is -0.369 e. The smallest absolute Gasteiger partial charge is 0.115 e. The van der Waals surface area contributed by atoms with E-state index in [0.717, 1.165) is 37.3 Å². The Balaban J connectivity index is 1.58. The summed E-state index contributed by atoms with van der Waals surface area (Å²) in [6, 6.07) is 6.10. The molecular weight excluding hydrogens is 307 g/mol. The molecule has 21 heavy (non-hydrogen) atoms. The second-order valence-corrected chi connectivity index (χ2v) is 6.00. The lowest BCUT2D eigenvalue weighted by molar-refractivity contribution is 0.550. The number of aromatic nitrogens is 2. The summed E-state index contributed by atoms with van der Waals surface area (Å²) in [5, 5.41) is 4.91. The third-order valence-corrected chi connectivity index (χ3v) is 4.19. The topological polar surface area (TPSA) is 41.0 Å². The number of hydrogen-bond acceptors (Lipinski definition) is 4. The van der Waals surface area contributed by atoms with E-state index in [4.69, 9.17) is 23.2 Å². The first-order chi connectivity index (χ1) is 10.2. The number of hydrogen-bond donors (Lipinski definition) is 1. The Hall–Kier alpha value is -1.36. The van der Waals surface area contributed by atoms with Crippen LogP contribution in [-0.4, -0.2) is 29.1 Å². The molecule has 1 aliphatic rings. The van der Waals surface area contributed by atoms with Crippen LogP contribution < -0.4 is 10.2 Å². The molecule has 0 radical (unpaired) electrons. The van der Waals surface area contributed by atoms with Gasteiger partial charge in [0, 0.05) is 48.7 Å². The fourth-order valence-corrected chi connectivity index (χ4v) is 3.09. The van der Waals surface area contributed by atoms with Crippen LogP contribution in [-0.2, 0) is 6.54 Å². The largest absolute Gasteiger partial charge is 0.369 e. The van der Waals surface area contributed by atoms with Crippen LogP contribution in [0.1, 0.15) is 12.0 Å². The maximum atomic E-state index is 6.27. The average Bonchev–Trinajstić information content (AvgIpc) is 2.95. The first-order valence-electron chi connectivity index (χ1n) is 6.89. The number of benzene rings is 1. The Morgan fingerprint density at radius 1 is 1.24 bits per heavy atom. The number of anilines is 1. The first-order valence-corrected chi connectivity index (χ1v) is 7.65. The standard InChI is InChI=1S/C15H16Cl2N4/c16-12-1-2-15(14(17)5-12)21-4-3-13(9-21)20-8-11-6-18-10-19-7-11/h1-2,5-7,10,13,20H,3-4,8-9H2. The maximum Gasteiger partial charge on any atom is 0.115 e. The van der Waals surface area contributed by atoms with Crippen molar-refractivity contribution in [1.82, 2.24) is 15.3 Å². The third kappa shape index (κ3) is 3.64. The highest BCUT2D eigenvalue weighted by molar-refractivity contribution is 6.36. The molecule has 1 aromatic heterocycles. The summed E-state index contributed by atoms with van der Waals surface area (Å²) in [7, 11) is 0. The molecule has 4 nitrogen and oxygen atoms in total. The van der Waals surface area contributed by atoms with Crippen molar-refractivity contribution in [3.05, 3.63) is 52.5 Å². The van der Waals surface area contributed by atoms with E-state index in [1.807, 2.05) is 24.5 Å². The van der Waals surface area contributed by atoms with Crippen LogP contribution in [0.2, 0.25) is 10.0 Å². The van der Waals surface area contributed by atoms with E-state index in [2.05, 4.69) is 20.2 Å². The van der Waals surface area contributed by atoms with Crippen molar-refractivity contribution in [2.75, 3.05) is 18.0 Å². The van der Waals surface area contributed by atoms with Gasteiger partial charge in [0.2, 0.25) is 0 Å². The molecule has 2 heterocycles. The van der Waals surface area contributed by atoms with Crippen molar-refractivity contribution in [2.45, 2.75) is 19.0 Å². The summed E-state index contributed by atoms with van der Waals surface area (Å²) < 4.78 is 0. The van der Waals surface area contributed by atoms with Gasteiger partial charge in [-0.05, 0) is 24.6 Å². The van der Waals surface area contributed by atoms with Crippen molar-refractivity contribution in [3.63, 3.8) is 0 Å². The monoisotopic (exact) mass is 322 g/mol. The maximum absolute atomic E-state index is 6.27. The minimum atomic E-state index is 0.442. The second kappa shape index (κ2) is 6.60. The van der Waals surface area contributed by atoms with Crippen molar-refractivity contribution in [2.24, 2.45) is 0 Å². The van der Waals surface area contributed by atoms with Gasteiger partial charge in [-0.2, -0.15) is 0 Å². The van der Waals surface area contributed by atoms with Gasteiger partial charge in [-0.25, -0.2) is 9.97 Å². The summed E-state index contributed by atoms with van der Waals surface area (Å²) in [6.07, 6.45) is 6.31. The lowest BCUT2D eigenvalue weighted by atomic mass is 10.2. The molecule has 0 aliphatic carbocycles. The van der Waals surface area contributed by atoms with Gasteiger partial charge >= 0.3 is 0 Å². The second-order valence-electron chi connectivity index (χ2n) is 5.15. The van der Waals surface area contributed by atoms with Gasteiger partial charge in [0.05, 0.1) is 10.7 Å². The molecule has 3 rings (SSSR count). The van der Waals surface area contributed by atoms with Gasteiger partial charge in [-0.3, -0.25) is 0 Å². The predicted octanol–water partition coefficient (Wildman–Crippen LogP) is 3.15. The highest BCUT2D eigenvalue weighted by atomic mass is 35.5. The molecule has 0 saturated carbocycles. The Morgan fingerprint density at radius 2 is 2.05 bits per heavy atom. The molecule has 0 amide bonds. The molecule has 1 N–H and O–H groups in total. The fraction of sp³-hybridized carbons (Fsp3) is 0.333. The van der Waals surface area contributed by atoms with Crippen LogP contribution in [0.5, 0.6) is 0 Å². The number of halogens is 2. The predicted molar refractivity (Wildman–Crippen MR) is 86.0 cm³/mol. The van der Waals surface area contributed by atoms with Gasteiger partial charge in [0.15, 0.2) is 0 Å². The van der Waals surface area contributed by atoms with E-state index in [-0.39, 0.29) is 0 Å². The van der Waals surface area contributed by atoms with Gasteiger partial charge in [-0.15, -0.1) is 0 Å². The molecule has 0 spiro atoms. The highest BCUT2D eigenvalue weighted by Gasteiger charge is 2.23. The SMILES string of the molecule is Clc1ccc(N2CCC(NCc3cncnc3)C2)c(Cl)c1. The van der Waals surface area contributed by atoms with Crippen molar-refractivity contribution >= 4 is 28.9 Å². The molecule has 1 unspecified atom stereocenters. The van der Waals surface area contributed by atoms with Crippen LogP contribution in [0.25, 0.3) is 0 Å². The Bertz CT molecular complexity index is 606. The van der Waals surface area contributed by atoms with Crippen molar-refractivity contribution < 1.29 is 0 Å². The zero-order valence-corrected chi connectivity index (χ0v) is 13.0. The Labute approximate surface area is 134 Å². The van der Waals surface area contributed by atoms with Crippen LogP contribution in [0.4, 0.5) is 5.69 Å². The highest BCUT2D eigenvalue weighted by Crippen LogP contribution is 2.31. The molecule has 1 aliphatic heterocycles. The molecule has 1 aromatic carbocycles. The summed E-state index contributed by atoms with van der Waals surface area (Å²) in [4.78, 5) is 10.3. The van der Waals surface area contributed by atoms with E-state index in [0.29, 0.717) is 16.1 Å². The van der Waals surface area contributed by atoms with E-state index < -0.39 is 0 Å². The molecule has 6 heteroatoms. The van der Waals surface area contributed by atoms with E-state index in [1.54, 1.807) is 12.4 Å². The zero-order chi connectivity index (χ0) is 14.7. The van der Waals surface area contributed by atoms with Crippen LogP contribution in [0.3, 0.4) is 0 Å². The molecule has 1 fully saturated rings. The van der Waals surface area contributed by atoms with Gasteiger partial charge in [0.1, 0.15) is 6.33 Å². The molecule has 2 aromatic rings. The quantitative estimate of drug-likeness (QED) is 0.938. The number of nitrogens with zero attached hydrogens (tertiary/aromatic N) is 3. The normalized spacial score (nSPS) is 18.2. The summed E-state index contributed by atoms with van der Waals surface area (Å²) in [6.45, 7) is 2.72. The van der Waals surface area contributed by atoms with Gasteiger partial charge in [-0.1, -0.05) is 23.2 Å². The first kappa shape index (κ1) is 14.6. The van der Waals surface area contributed by atoms with Gasteiger partial charge in [0.25, 0.3) is 0 Å². The summed E-state index contributed by atoms with van der Waals surface area (Å²) >= 11 is 12.2.